The molecule has 0 saturated carbocycles. The minimum Gasteiger partial charge on any atom is -0.457 e. The molecule has 0 spiro atoms. The van der Waals surface area contributed by atoms with Gasteiger partial charge in [-0.05, 0) is 37.6 Å². The lowest BCUT2D eigenvalue weighted by atomic mass is 10.4. The highest BCUT2D eigenvalue weighted by Gasteiger charge is 2.12. The molecule has 0 atom stereocenters. The summed E-state index contributed by atoms with van der Waals surface area (Å²) in [5.74, 6) is -0.356. The van der Waals surface area contributed by atoms with Crippen molar-refractivity contribution in [2.24, 2.45) is 0 Å². The van der Waals surface area contributed by atoms with Crippen molar-refractivity contribution in [3.05, 3.63) is 23.1 Å². The van der Waals surface area contributed by atoms with Gasteiger partial charge < -0.3 is 9.15 Å². The first kappa shape index (κ1) is 9.13. The highest BCUT2D eigenvalue weighted by atomic mass is 35.5. The summed E-state index contributed by atoms with van der Waals surface area (Å²) < 4.78 is 9.70. The Morgan fingerprint density at radius 3 is 2.67 bits per heavy atom. The van der Waals surface area contributed by atoms with Crippen LogP contribution in [-0.4, -0.2) is 12.1 Å². The van der Waals surface area contributed by atoms with Crippen LogP contribution in [0.4, 0.5) is 0 Å². The predicted molar refractivity (Wildman–Crippen MR) is 44.3 cm³/mol. The Morgan fingerprint density at radius 2 is 2.25 bits per heavy atom. The van der Waals surface area contributed by atoms with Gasteiger partial charge in [0.25, 0.3) is 0 Å². The number of esters is 1. The fourth-order valence-electron chi connectivity index (χ4n) is 0.696. The molecule has 0 fully saturated rings. The molecule has 3 nitrogen and oxygen atoms in total. The summed E-state index contributed by atoms with van der Waals surface area (Å²) in [5, 5.41) is 0.186. The van der Waals surface area contributed by atoms with Crippen LogP contribution < -0.4 is 0 Å². The lowest BCUT2D eigenvalue weighted by Crippen LogP contribution is -2.10. The van der Waals surface area contributed by atoms with E-state index in [1.54, 1.807) is 13.8 Å². The smallest absolute Gasteiger partial charge is 0.374 e. The number of halogens is 1. The van der Waals surface area contributed by atoms with Gasteiger partial charge in [-0.15, -0.1) is 0 Å². The molecule has 4 heteroatoms. The molecular formula is C8H9ClO3. The van der Waals surface area contributed by atoms with E-state index >= 15 is 0 Å². The highest BCUT2D eigenvalue weighted by Crippen LogP contribution is 2.14. The summed E-state index contributed by atoms with van der Waals surface area (Å²) in [6, 6.07) is 2.98. The van der Waals surface area contributed by atoms with Crippen LogP contribution in [-0.2, 0) is 4.74 Å². The second-order valence-corrected chi connectivity index (χ2v) is 2.93. The molecule has 1 aromatic heterocycles. The average molecular weight is 189 g/mol. The van der Waals surface area contributed by atoms with Crippen molar-refractivity contribution in [3.8, 4) is 0 Å². The van der Waals surface area contributed by atoms with Gasteiger partial charge in [0.15, 0.2) is 5.22 Å². The van der Waals surface area contributed by atoms with Crippen LogP contribution in [0.2, 0.25) is 5.22 Å². The molecule has 1 rings (SSSR count). The van der Waals surface area contributed by atoms with Crippen molar-refractivity contribution in [1.82, 2.24) is 0 Å². The molecule has 0 aliphatic heterocycles. The molecule has 0 saturated heterocycles. The molecule has 0 amide bonds. The summed E-state index contributed by atoms with van der Waals surface area (Å²) in [6.07, 6.45) is -0.152. The monoisotopic (exact) mass is 188 g/mol. The third-order valence-electron chi connectivity index (χ3n) is 1.12. The van der Waals surface area contributed by atoms with Crippen LogP contribution in [0.3, 0.4) is 0 Å². The SMILES string of the molecule is CC(C)OC(=O)c1ccc(Cl)o1. The molecule has 0 aliphatic carbocycles. The fraction of sp³-hybridized carbons (Fsp3) is 0.375. The molecule has 0 radical (unpaired) electrons. The fourth-order valence-corrected chi connectivity index (χ4v) is 0.842. The van der Waals surface area contributed by atoms with Crippen LogP contribution in [0.1, 0.15) is 24.4 Å². The standard InChI is InChI=1S/C8H9ClO3/c1-5(2)11-8(10)6-3-4-7(9)12-6/h3-5H,1-2H3. The third kappa shape index (κ3) is 2.27. The number of rotatable bonds is 2. The van der Waals surface area contributed by atoms with E-state index in [1.165, 1.54) is 12.1 Å². The Bertz CT molecular complexity index is 278. The normalized spacial score (nSPS) is 10.3. The Balaban J connectivity index is 2.65. The van der Waals surface area contributed by atoms with Gasteiger partial charge in [0.05, 0.1) is 6.10 Å². The average Bonchev–Trinajstić information content (AvgIpc) is 2.34. The van der Waals surface area contributed by atoms with Crippen LogP contribution in [0.15, 0.2) is 16.5 Å². The van der Waals surface area contributed by atoms with E-state index in [1.807, 2.05) is 0 Å². The Kier molecular flexibility index (Phi) is 2.76. The van der Waals surface area contributed by atoms with Crippen molar-refractivity contribution in [3.63, 3.8) is 0 Å². The minimum atomic E-state index is -0.489. The molecule has 66 valence electrons. The predicted octanol–water partition coefficient (Wildman–Crippen LogP) is 2.50. The second kappa shape index (κ2) is 3.63. The van der Waals surface area contributed by atoms with Gasteiger partial charge in [0.2, 0.25) is 5.76 Å². The van der Waals surface area contributed by atoms with Crippen LogP contribution in [0.25, 0.3) is 0 Å². The molecule has 12 heavy (non-hydrogen) atoms. The molecule has 1 aromatic rings. The third-order valence-corrected chi connectivity index (χ3v) is 1.32. The molecule has 0 N–H and O–H groups in total. The zero-order valence-electron chi connectivity index (χ0n) is 6.83. The first-order chi connectivity index (χ1) is 5.59. The lowest BCUT2D eigenvalue weighted by molar-refractivity contribution is 0.0341. The van der Waals surface area contributed by atoms with Crippen LogP contribution >= 0.6 is 11.6 Å². The first-order valence-electron chi connectivity index (χ1n) is 3.56. The quantitative estimate of drug-likeness (QED) is 0.670. The number of carbonyl (C=O) groups is 1. The topological polar surface area (TPSA) is 39.4 Å². The van der Waals surface area contributed by atoms with E-state index in [0.717, 1.165) is 0 Å². The van der Waals surface area contributed by atoms with Crippen molar-refractivity contribution < 1.29 is 13.9 Å². The maximum atomic E-state index is 11.1. The summed E-state index contributed by atoms with van der Waals surface area (Å²) in [7, 11) is 0. The van der Waals surface area contributed by atoms with Crippen LogP contribution in [0.5, 0.6) is 0 Å². The maximum Gasteiger partial charge on any atom is 0.374 e. The molecule has 0 bridgehead atoms. The zero-order chi connectivity index (χ0) is 9.14. The second-order valence-electron chi connectivity index (χ2n) is 2.56. The van der Waals surface area contributed by atoms with E-state index in [4.69, 9.17) is 20.8 Å². The van der Waals surface area contributed by atoms with Gasteiger partial charge >= 0.3 is 5.97 Å². The van der Waals surface area contributed by atoms with Gasteiger partial charge in [-0.2, -0.15) is 0 Å². The van der Waals surface area contributed by atoms with Gasteiger partial charge in [-0.1, -0.05) is 0 Å². The van der Waals surface area contributed by atoms with E-state index in [-0.39, 0.29) is 17.1 Å². The molecule has 0 unspecified atom stereocenters. The summed E-state index contributed by atoms with van der Waals surface area (Å²) in [4.78, 5) is 11.1. The van der Waals surface area contributed by atoms with E-state index in [2.05, 4.69) is 0 Å². The largest absolute Gasteiger partial charge is 0.457 e. The summed E-state index contributed by atoms with van der Waals surface area (Å²) in [5.41, 5.74) is 0. The molecule has 0 aromatic carbocycles. The Morgan fingerprint density at radius 1 is 1.58 bits per heavy atom. The highest BCUT2D eigenvalue weighted by molar-refractivity contribution is 6.29. The molecule has 1 heterocycles. The van der Waals surface area contributed by atoms with E-state index in [9.17, 15) is 4.79 Å². The van der Waals surface area contributed by atoms with Crippen molar-refractivity contribution in [2.75, 3.05) is 0 Å². The van der Waals surface area contributed by atoms with Gasteiger partial charge in [-0.3, -0.25) is 0 Å². The first-order valence-corrected chi connectivity index (χ1v) is 3.93. The Hall–Kier alpha value is -0.960. The summed E-state index contributed by atoms with van der Waals surface area (Å²) >= 11 is 5.47. The van der Waals surface area contributed by atoms with Crippen molar-refractivity contribution in [2.45, 2.75) is 20.0 Å². The Labute approximate surface area is 75.3 Å². The number of ether oxygens (including phenoxy) is 1. The number of hydrogen-bond acceptors (Lipinski definition) is 3. The van der Waals surface area contributed by atoms with Crippen molar-refractivity contribution in [1.29, 1.82) is 0 Å². The maximum absolute atomic E-state index is 11.1. The van der Waals surface area contributed by atoms with E-state index < -0.39 is 5.97 Å². The molecular weight excluding hydrogens is 180 g/mol. The van der Waals surface area contributed by atoms with Crippen LogP contribution in [0, 0.1) is 0 Å². The summed E-state index contributed by atoms with van der Waals surface area (Å²) in [6.45, 7) is 3.53. The molecule has 0 aliphatic rings. The van der Waals surface area contributed by atoms with Crippen molar-refractivity contribution >= 4 is 17.6 Å². The number of furan rings is 1. The lowest BCUT2D eigenvalue weighted by Gasteiger charge is -2.04. The minimum absolute atomic E-state index is 0.133. The van der Waals surface area contributed by atoms with Gasteiger partial charge in [0, 0.05) is 0 Å². The number of carbonyl (C=O) groups excluding carboxylic acids is 1. The number of hydrogen-bond donors (Lipinski definition) is 0. The zero-order valence-corrected chi connectivity index (χ0v) is 7.59. The van der Waals surface area contributed by atoms with Gasteiger partial charge in [-0.25, -0.2) is 4.79 Å². The van der Waals surface area contributed by atoms with Gasteiger partial charge in [0.1, 0.15) is 0 Å². The van der Waals surface area contributed by atoms with E-state index in [0.29, 0.717) is 0 Å².